The third-order valence-corrected chi connectivity index (χ3v) is 6.70. The molecule has 1 unspecified atom stereocenters. The Morgan fingerprint density at radius 3 is 2.59 bits per heavy atom. The summed E-state index contributed by atoms with van der Waals surface area (Å²) >= 11 is 0. The molecule has 3 aliphatic heterocycles. The van der Waals surface area contributed by atoms with Gasteiger partial charge in [0.1, 0.15) is 6.04 Å². The molecule has 0 aliphatic carbocycles. The third-order valence-electron chi connectivity index (χ3n) is 6.70. The van der Waals surface area contributed by atoms with E-state index in [2.05, 4.69) is 20.9 Å². The Labute approximate surface area is 197 Å². The molecule has 2 aromatic carbocycles. The molecular weight excluding hydrogens is 434 g/mol. The number of anilines is 2. The van der Waals surface area contributed by atoms with Crippen molar-refractivity contribution in [3.63, 3.8) is 0 Å². The predicted molar refractivity (Wildman–Crippen MR) is 127 cm³/mol. The van der Waals surface area contributed by atoms with Crippen LogP contribution in [0.3, 0.4) is 0 Å². The molecular formula is C25H27N5O4. The van der Waals surface area contributed by atoms with Crippen LogP contribution in [0.4, 0.5) is 11.4 Å². The van der Waals surface area contributed by atoms with Crippen LogP contribution in [0.15, 0.2) is 36.4 Å². The highest BCUT2D eigenvalue weighted by Crippen LogP contribution is 2.29. The number of hydrogen-bond acceptors (Lipinski definition) is 6. The van der Waals surface area contributed by atoms with Crippen molar-refractivity contribution < 1.29 is 19.2 Å². The Morgan fingerprint density at radius 2 is 1.85 bits per heavy atom. The van der Waals surface area contributed by atoms with Gasteiger partial charge in [0.15, 0.2) is 0 Å². The first-order valence-corrected chi connectivity index (χ1v) is 11.6. The molecule has 0 radical (unpaired) electrons. The fourth-order valence-electron chi connectivity index (χ4n) is 4.89. The highest BCUT2D eigenvalue weighted by atomic mass is 16.2. The van der Waals surface area contributed by atoms with Crippen LogP contribution in [0.2, 0.25) is 0 Å². The largest absolute Gasteiger partial charge is 0.369 e. The van der Waals surface area contributed by atoms with Crippen molar-refractivity contribution in [3.05, 3.63) is 58.7 Å². The van der Waals surface area contributed by atoms with Crippen molar-refractivity contribution in [2.24, 2.45) is 0 Å². The minimum absolute atomic E-state index is 0.205. The van der Waals surface area contributed by atoms with Crippen LogP contribution in [-0.4, -0.2) is 60.7 Å². The standard InChI is InChI=1S/C25H27N5O4/c1-15-12-18(4-5-20(15)29-10-8-26-9-11-29)27-23(32)16-2-3-17-14-30(25(34)19(17)13-16)21-6-7-22(31)28-24(21)33/h2-5,12-13,21,26H,6-11,14H2,1H3,(H,27,32)(H,28,31,33). The van der Waals surface area contributed by atoms with Crippen LogP contribution in [0.5, 0.6) is 0 Å². The van der Waals surface area contributed by atoms with Crippen molar-refractivity contribution in [3.8, 4) is 0 Å². The summed E-state index contributed by atoms with van der Waals surface area (Å²) in [7, 11) is 0. The molecule has 9 nitrogen and oxygen atoms in total. The Kier molecular flexibility index (Phi) is 5.79. The molecule has 0 saturated carbocycles. The number of carbonyl (C=O) groups excluding carboxylic acids is 4. The van der Waals surface area contributed by atoms with Gasteiger partial charge in [-0.2, -0.15) is 0 Å². The topological polar surface area (TPSA) is 111 Å². The number of aryl methyl sites for hydroxylation is 1. The van der Waals surface area contributed by atoms with Gasteiger partial charge >= 0.3 is 0 Å². The summed E-state index contributed by atoms with van der Waals surface area (Å²) in [6, 6.07) is 10.2. The van der Waals surface area contributed by atoms with Gasteiger partial charge in [0, 0.05) is 61.6 Å². The smallest absolute Gasteiger partial charge is 0.255 e. The molecule has 0 spiro atoms. The number of nitrogens with one attached hydrogen (secondary N) is 3. The first-order valence-electron chi connectivity index (χ1n) is 11.6. The number of benzene rings is 2. The van der Waals surface area contributed by atoms with E-state index in [0.29, 0.717) is 23.2 Å². The maximum absolute atomic E-state index is 13.0. The lowest BCUT2D eigenvalue weighted by atomic mass is 10.0. The Hall–Kier alpha value is -3.72. The van der Waals surface area contributed by atoms with E-state index in [1.165, 1.54) is 4.90 Å². The number of nitrogens with zero attached hydrogens (tertiary/aromatic N) is 2. The zero-order valence-electron chi connectivity index (χ0n) is 19.0. The molecule has 5 rings (SSSR count). The first kappa shape index (κ1) is 22.1. The SMILES string of the molecule is Cc1cc(NC(=O)c2ccc3c(c2)C(=O)N(C2CCC(=O)NC2=O)C3)ccc1N1CCNCC1. The van der Waals surface area contributed by atoms with Crippen molar-refractivity contribution in [1.29, 1.82) is 0 Å². The van der Waals surface area contributed by atoms with Crippen LogP contribution in [0.25, 0.3) is 0 Å². The van der Waals surface area contributed by atoms with Gasteiger partial charge in [-0.25, -0.2) is 0 Å². The van der Waals surface area contributed by atoms with Gasteiger partial charge in [-0.15, -0.1) is 0 Å². The van der Waals surface area contributed by atoms with Crippen molar-refractivity contribution in [2.75, 3.05) is 36.4 Å². The number of hydrogen-bond donors (Lipinski definition) is 3. The minimum Gasteiger partial charge on any atom is -0.369 e. The Morgan fingerprint density at radius 1 is 1.06 bits per heavy atom. The third kappa shape index (κ3) is 4.14. The van der Waals surface area contributed by atoms with Gasteiger partial charge in [0.2, 0.25) is 11.8 Å². The zero-order chi connectivity index (χ0) is 23.8. The normalized spacial score (nSPS) is 20.3. The number of rotatable bonds is 4. The minimum atomic E-state index is -0.674. The van der Waals surface area contributed by atoms with Gasteiger partial charge in [0.25, 0.3) is 11.8 Å². The van der Waals surface area contributed by atoms with E-state index in [4.69, 9.17) is 0 Å². The number of piperazine rings is 1. The fourth-order valence-corrected chi connectivity index (χ4v) is 4.89. The van der Waals surface area contributed by atoms with Gasteiger partial charge < -0.3 is 20.4 Å². The summed E-state index contributed by atoms with van der Waals surface area (Å²) in [5.41, 5.74) is 4.50. The van der Waals surface area contributed by atoms with E-state index in [1.54, 1.807) is 18.2 Å². The first-order chi connectivity index (χ1) is 16.4. The number of imide groups is 1. The van der Waals surface area contributed by atoms with E-state index in [9.17, 15) is 19.2 Å². The van der Waals surface area contributed by atoms with Crippen molar-refractivity contribution >= 4 is 35.0 Å². The van der Waals surface area contributed by atoms with Gasteiger partial charge in [-0.05, 0) is 54.8 Å². The van der Waals surface area contributed by atoms with Crippen molar-refractivity contribution in [1.82, 2.24) is 15.5 Å². The van der Waals surface area contributed by atoms with Crippen LogP contribution in [0, 0.1) is 6.92 Å². The lowest BCUT2D eigenvalue weighted by Crippen LogP contribution is -2.52. The summed E-state index contributed by atoms with van der Waals surface area (Å²) in [4.78, 5) is 53.4. The van der Waals surface area contributed by atoms with Crippen LogP contribution >= 0.6 is 0 Å². The molecule has 4 amide bonds. The molecule has 3 heterocycles. The molecule has 1 atom stereocenters. The van der Waals surface area contributed by atoms with Crippen LogP contribution in [-0.2, 0) is 16.1 Å². The number of amides is 4. The molecule has 3 aliphatic rings. The van der Waals surface area contributed by atoms with Crippen LogP contribution < -0.4 is 20.9 Å². The Balaban J connectivity index is 1.29. The second-order valence-electron chi connectivity index (χ2n) is 8.96. The van der Waals surface area contributed by atoms with E-state index in [1.807, 2.05) is 25.1 Å². The maximum atomic E-state index is 13.0. The summed E-state index contributed by atoms with van der Waals surface area (Å²) in [6.07, 6.45) is 0.512. The summed E-state index contributed by atoms with van der Waals surface area (Å²) in [5, 5.41) is 8.57. The number of fused-ring (bicyclic) bond motifs is 1. The molecule has 34 heavy (non-hydrogen) atoms. The molecule has 0 aromatic heterocycles. The van der Waals surface area contributed by atoms with Gasteiger partial charge in [0.05, 0.1) is 0 Å². The molecule has 3 N–H and O–H groups in total. The molecule has 2 saturated heterocycles. The predicted octanol–water partition coefficient (Wildman–Crippen LogP) is 1.42. The van der Waals surface area contributed by atoms with E-state index in [-0.39, 0.29) is 30.7 Å². The molecule has 0 bridgehead atoms. The number of piperidine rings is 1. The van der Waals surface area contributed by atoms with E-state index < -0.39 is 11.9 Å². The average Bonchev–Trinajstić information content (AvgIpc) is 3.15. The fraction of sp³-hybridized carbons (Fsp3) is 0.360. The Bertz CT molecular complexity index is 1190. The van der Waals surface area contributed by atoms with Crippen LogP contribution in [0.1, 0.15) is 44.7 Å². The highest BCUT2D eigenvalue weighted by molar-refractivity contribution is 6.09. The summed E-state index contributed by atoms with van der Waals surface area (Å²) < 4.78 is 0. The van der Waals surface area contributed by atoms with Crippen molar-refractivity contribution in [2.45, 2.75) is 32.4 Å². The summed E-state index contributed by atoms with van der Waals surface area (Å²) in [5.74, 6) is -1.37. The molecule has 176 valence electrons. The monoisotopic (exact) mass is 461 g/mol. The maximum Gasteiger partial charge on any atom is 0.255 e. The summed E-state index contributed by atoms with van der Waals surface area (Å²) in [6.45, 7) is 6.13. The zero-order valence-corrected chi connectivity index (χ0v) is 19.0. The average molecular weight is 462 g/mol. The lowest BCUT2D eigenvalue weighted by Gasteiger charge is -2.30. The quantitative estimate of drug-likeness (QED) is 0.594. The lowest BCUT2D eigenvalue weighted by molar-refractivity contribution is -0.136. The van der Waals surface area contributed by atoms with E-state index in [0.717, 1.165) is 43.0 Å². The van der Waals surface area contributed by atoms with Gasteiger partial charge in [-0.1, -0.05) is 6.07 Å². The molecule has 9 heteroatoms. The second-order valence-corrected chi connectivity index (χ2v) is 8.96. The van der Waals surface area contributed by atoms with Gasteiger partial charge in [-0.3, -0.25) is 24.5 Å². The molecule has 2 fully saturated rings. The van der Waals surface area contributed by atoms with E-state index >= 15 is 0 Å². The molecule has 2 aromatic rings. The highest BCUT2D eigenvalue weighted by Gasteiger charge is 2.39. The second kappa shape index (κ2) is 8.90. The number of carbonyl (C=O) groups is 4.